The molecule has 1 aromatic rings. The third-order valence-corrected chi connectivity index (χ3v) is 4.54. The van der Waals surface area contributed by atoms with Gasteiger partial charge in [0.2, 0.25) is 15.9 Å². The number of amides is 1. The molecule has 8 heteroatoms. The summed E-state index contributed by atoms with van der Waals surface area (Å²) in [6.07, 6.45) is 0. The zero-order valence-corrected chi connectivity index (χ0v) is 14.5. The van der Waals surface area contributed by atoms with Gasteiger partial charge in [-0.1, -0.05) is 24.3 Å². The van der Waals surface area contributed by atoms with Crippen molar-refractivity contribution in [2.45, 2.75) is 38.2 Å². The zero-order chi connectivity index (χ0) is 17.5. The maximum Gasteiger partial charge on any atom is 0.239 e. The molecule has 0 heterocycles. The Morgan fingerprint density at radius 1 is 1.26 bits per heavy atom. The first-order chi connectivity index (χ1) is 10.7. The fourth-order valence-electron chi connectivity index (χ4n) is 2.04. The van der Waals surface area contributed by atoms with Crippen LogP contribution in [0.25, 0.3) is 0 Å². The van der Waals surface area contributed by atoms with Crippen LogP contribution in [-0.2, 0) is 31.9 Å². The van der Waals surface area contributed by atoms with Gasteiger partial charge in [-0.15, -0.1) is 0 Å². The van der Waals surface area contributed by atoms with Crippen molar-refractivity contribution in [1.29, 1.82) is 0 Å². The van der Waals surface area contributed by atoms with Crippen LogP contribution in [0.3, 0.4) is 0 Å². The summed E-state index contributed by atoms with van der Waals surface area (Å²) < 4.78 is 31.5. The van der Waals surface area contributed by atoms with E-state index in [-0.39, 0.29) is 30.9 Å². The molecule has 1 aromatic carbocycles. The molecule has 0 aliphatic rings. The van der Waals surface area contributed by atoms with Gasteiger partial charge in [-0.25, -0.2) is 13.1 Å². The number of ether oxygens (including phenoxy) is 1. The Morgan fingerprint density at radius 3 is 2.43 bits per heavy atom. The summed E-state index contributed by atoms with van der Waals surface area (Å²) in [4.78, 5) is 11.8. The van der Waals surface area contributed by atoms with E-state index in [0.717, 1.165) is 5.56 Å². The fourth-order valence-corrected chi connectivity index (χ4v) is 3.54. The lowest BCUT2D eigenvalue weighted by molar-refractivity contribution is -0.123. The van der Waals surface area contributed by atoms with Crippen LogP contribution in [0.5, 0.6) is 0 Å². The standard InChI is InChI=1S/C15H25N3O4S/c1-11(2)18-23(20,21)10-13-7-5-4-6-12(13)8-17-15(19)14(16)9-22-3/h4-7,11,14,18H,8-10,16H2,1-3H3,(H,17,19). The van der Waals surface area contributed by atoms with E-state index in [0.29, 0.717) is 5.56 Å². The Morgan fingerprint density at radius 2 is 1.87 bits per heavy atom. The van der Waals surface area contributed by atoms with Crippen LogP contribution < -0.4 is 15.8 Å². The van der Waals surface area contributed by atoms with Crippen LogP contribution in [0.1, 0.15) is 25.0 Å². The minimum atomic E-state index is -3.43. The fraction of sp³-hybridized carbons (Fsp3) is 0.533. The molecule has 130 valence electrons. The summed E-state index contributed by atoms with van der Waals surface area (Å²) in [6.45, 7) is 3.87. The second-order valence-electron chi connectivity index (χ2n) is 5.58. The highest BCUT2D eigenvalue weighted by atomic mass is 32.2. The number of rotatable bonds is 9. The monoisotopic (exact) mass is 343 g/mol. The number of carbonyl (C=O) groups excluding carboxylic acids is 1. The summed E-state index contributed by atoms with van der Waals surface area (Å²) in [5.74, 6) is -0.480. The molecule has 0 spiro atoms. The van der Waals surface area contributed by atoms with Gasteiger partial charge in [-0.05, 0) is 25.0 Å². The van der Waals surface area contributed by atoms with Crippen molar-refractivity contribution >= 4 is 15.9 Å². The highest BCUT2D eigenvalue weighted by Gasteiger charge is 2.17. The molecule has 1 atom stereocenters. The van der Waals surface area contributed by atoms with E-state index in [4.69, 9.17) is 10.5 Å². The summed E-state index contributed by atoms with van der Waals surface area (Å²) in [7, 11) is -1.96. The van der Waals surface area contributed by atoms with E-state index in [2.05, 4.69) is 10.0 Å². The lowest BCUT2D eigenvalue weighted by Gasteiger charge is -2.15. The van der Waals surface area contributed by atoms with Gasteiger partial charge < -0.3 is 15.8 Å². The molecule has 1 amide bonds. The number of carbonyl (C=O) groups is 1. The largest absolute Gasteiger partial charge is 0.383 e. The molecule has 0 aliphatic heterocycles. The molecular weight excluding hydrogens is 318 g/mol. The van der Waals surface area contributed by atoms with Crippen molar-refractivity contribution in [1.82, 2.24) is 10.0 Å². The van der Waals surface area contributed by atoms with Gasteiger partial charge in [0.1, 0.15) is 6.04 Å². The molecule has 4 N–H and O–H groups in total. The summed E-state index contributed by atoms with van der Waals surface area (Å²) in [6, 6.07) is 6.15. The SMILES string of the molecule is COCC(N)C(=O)NCc1ccccc1CS(=O)(=O)NC(C)C. The molecule has 1 unspecified atom stereocenters. The van der Waals surface area contributed by atoms with Gasteiger partial charge in [0.05, 0.1) is 12.4 Å². The molecule has 7 nitrogen and oxygen atoms in total. The smallest absolute Gasteiger partial charge is 0.239 e. The van der Waals surface area contributed by atoms with E-state index in [1.54, 1.807) is 38.1 Å². The van der Waals surface area contributed by atoms with Crippen molar-refractivity contribution in [3.8, 4) is 0 Å². The Hall–Kier alpha value is -1.48. The van der Waals surface area contributed by atoms with Crippen molar-refractivity contribution in [3.05, 3.63) is 35.4 Å². The maximum atomic E-state index is 12.1. The molecule has 0 saturated heterocycles. The average Bonchev–Trinajstić information content (AvgIpc) is 2.44. The van der Waals surface area contributed by atoms with Gasteiger partial charge in [-0.2, -0.15) is 0 Å². The Balaban J connectivity index is 2.76. The number of methoxy groups -OCH3 is 1. The number of hydrogen-bond donors (Lipinski definition) is 3. The van der Waals surface area contributed by atoms with Gasteiger partial charge in [0.25, 0.3) is 0 Å². The molecule has 23 heavy (non-hydrogen) atoms. The van der Waals surface area contributed by atoms with Crippen molar-refractivity contribution in [3.63, 3.8) is 0 Å². The van der Waals surface area contributed by atoms with Crippen molar-refractivity contribution < 1.29 is 17.9 Å². The van der Waals surface area contributed by atoms with Crippen LogP contribution in [0, 0.1) is 0 Å². The first kappa shape index (κ1) is 19.6. The van der Waals surface area contributed by atoms with Gasteiger partial charge in [-0.3, -0.25) is 4.79 Å². The second kappa shape index (κ2) is 8.97. The van der Waals surface area contributed by atoms with Crippen LogP contribution in [-0.4, -0.2) is 40.1 Å². The van der Waals surface area contributed by atoms with Crippen LogP contribution in [0.15, 0.2) is 24.3 Å². The van der Waals surface area contributed by atoms with E-state index >= 15 is 0 Å². The van der Waals surface area contributed by atoms with E-state index < -0.39 is 16.1 Å². The molecule has 0 aliphatic carbocycles. The predicted octanol–water partition coefficient (Wildman–Crippen LogP) is 0.104. The third-order valence-electron chi connectivity index (χ3n) is 3.02. The normalized spacial score (nSPS) is 13.1. The number of nitrogens with two attached hydrogens (primary N) is 1. The quantitative estimate of drug-likeness (QED) is 0.589. The minimum absolute atomic E-state index is 0.125. The second-order valence-corrected chi connectivity index (χ2v) is 7.33. The Labute approximate surface area is 137 Å². The lowest BCUT2D eigenvalue weighted by Crippen LogP contribution is -2.43. The van der Waals surface area contributed by atoms with Crippen LogP contribution >= 0.6 is 0 Å². The average molecular weight is 343 g/mol. The molecule has 0 saturated carbocycles. The van der Waals surface area contributed by atoms with E-state index in [1.165, 1.54) is 7.11 Å². The third kappa shape index (κ3) is 7.08. The van der Waals surface area contributed by atoms with Crippen LogP contribution in [0.2, 0.25) is 0 Å². The van der Waals surface area contributed by atoms with Crippen molar-refractivity contribution in [2.75, 3.05) is 13.7 Å². The minimum Gasteiger partial charge on any atom is -0.383 e. The molecule has 0 aromatic heterocycles. The number of nitrogens with one attached hydrogen (secondary N) is 2. The number of hydrogen-bond acceptors (Lipinski definition) is 5. The molecule has 0 fully saturated rings. The first-order valence-corrected chi connectivity index (χ1v) is 8.99. The predicted molar refractivity (Wildman–Crippen MR) is 89.0 cm³/mol. The van der Waals surface area contributed by atoms with E-state index in [9.17, 15) is 13.2 Å². The zero-order valence-electron chi connectivity index (χ0n) is 13.7. The summed E-state index contributed by atoms with van der Waals surface area (Å²) >= 11 is 0. The molecular formula is C15H25N3O4S. The topological polar surface area (TPSA) is 111 Å². The number of sulfonamides is 1. The van der Waals surface area contributed by atoms with Crippen molar-refractivity contribution in [2.24, 2.45) is 5.73 Å². The summed E-state index contributed by atoms with van der Waals surface area (Å²) in [5, 5.41) is 2.69. The lowest BCUT2D eigenvalue weighted by atomic mass is 10.1. The van der Waals surface area contributed by atoms with Crippen LogP contribution in [0.4, 0.5) is 0 Å². The Kier molecular flexibility index (Phi) is 7.63. The molecule has 1 rings (SSSR count). The van der Waals surface area contributed by atoms with Gasteiger partial charge in [0, 0.05) is 19.7 Å². The highest BCUT2D eigenvalue weighted by Crippen LogP contribution is 2.12. The molecule has 0 radical (unpaired) electrons. The summed E-state index contributed by atoms with van der Waals surface area (Å²) in [5.41, 5.74) is 7.02. The van der Waals surface area contributed by atoms with Gasteiger partial charge >= 0.3 is 0 Å². The Bertz CT molecular complexity index is 617. The van der Waals surface area contributed by atoms with E-state index in [1.807, 2.05) is 0 Å². The highest BCUT2D eigenvalue weighted by molar-refractivity contribution is 7.88. The van der Waals surface area contributed by atoms with Gasteiger partial charge in [0.15, 0.2) is 0 Å². The molecule has 0 bridgehead atoms. The number of benzene rings is 1. The maximum absolute atomic E-state index is 12.1. The first-order valence-electron chi connectivity index (χ1n) is 7.34.